The summed E-state index contributed by atoms with van der Waals surface area (Å²) in [5.41, 5.74) is 5.88. The van der Waals surface area contributed by atoms with Crippen LogP contribution in [0.4, 0.5) is 0 Å². The molecule has 2 atom stereocenters. The maximum absolute atomic E-state index is 3.50. The number of nitrogens with one attached hydrogen (secondary N) is 1. The SMILES string of the molecule is CNC(Cc1ccc(C)cc1)CC1Cc2ccccc21. The van der Waals surface area contributed by atoms with Crippen molar-refractivity contribution in [2.24, 2.45) is 0 Å². The van der Waals surface area contributed by atoms with Crippen LogP contribution in [-0.4, -0.2) is 13.1 Å². The van der Waals surface area contributed by atoms with Crippen molar-refractivity contribution in [1.29, 1.82) is 0 Å². The highest BCUT2D eigenvalue weighted by atomic mass is 14.9. The number of hydrogen-bond acceptors (Lipinski definition) is 1. The molecule has 20 heavy (non-hydrogen) atoms. The van der Waals surface area contributed by atoms with Crippen molar-refractivity contribution in [3.05, 3.63) is 70.8 Å². The van der Waals surface area contributed by atoms with Crippen molar-refractivity contribution in [3.63, 3.8) is 0 Å². The lowest BCUT2D eigenvalue weighted by Crippen LogP contribution is -2.32. The summed E-state index contributed by atoms with van der Waals surface area (Å²) in [6, 6.07) is 18.4. The van der Waals surface area contributed by atoms with Gasteiger partial charge in [0, 0.05) is 6.04 Å². The van der Waals surface area contributed by atoms with Gasteiger partial charge < -0.3 is 5.32 Å². The Kier molecular flexibility index (Phi) is 3.88. The highest BCUT2D eigenvalue weighted by molar-refractivity contribution is 5.40. The monoisotopic (exact) mass is 265 g/mol. The molecule has 1 aliphatic carbocycles. The highest BCUT2D eigenvalue weighted by Crippen LogP contribution is 2.38. The van der Waals surface area contributed by atoms with Crippen LogP contribution in [-0.2, 0) is 12.8 Å². The van der Waals surface area contributed by atoms with Gasteiger partial charge in [0.1, 0.15) is 0 Å². The fourth-order valence-corrected chi connectivity index (χ4v) is 3.23. The standard InChI is InChI=1S/C19H23N/c1-14-7-9-15(10-8-14)11-18(20-2)13-17-12-16-5-3-4-6-19(16)17/h3-10,17-18,20H,11-13H2,1-2H3. The zero-order chi connectivity index (χ0) is 13.9. The summed E-state index contributed by atoms with van der Waals surface area (Å²) in [5.74, 6) is 0.745. The van der Waals surface area contributed by atoms with E-state index in [0.717, 1.165) is 12.3 Å². The van der Waals surface area contributed by atoms with Crippen molar-refractivity contribution in [1.82, 2.24) is 5.32 Å². The van der Waals surface area contributed by atoms with E-state index in [-0.39, 0.29) is 0 Å². The molecular weight excluding hydrogens is 242 g/mol. The average molecular weight is 265 g/mol. The van der Waals surface area contributed by atoms with E-state index in [9.17, 15) is 0 Å². The van der Waals surface area contributed by atoms with Crippen molar-refractivity contribution < 1.29 is 0 Å². The molecule has 0 heterocycles. The Balaban J connectivity index is 1.62. The maximum atomic E-state index is 3.50. The molecule has 0 radical (unpaired) electrons. The Morgan fingerprint density at radius 3 is 2.55 bits per heavy atom. The molecule has 0 saturated heterocycles. The number of likely N-dealkylation sites (N-methyl/N-ethyl adjacent to an activating group) is 1. The lowest BCUT2D eigenvalue weighted by molar-refractivity contribution is 0.438. The molecule has 0 spiro atoms. The molecule has 0 aromatic heterocycles. The first-order chi connectivity index (χ1) is 9.76. The first-order valence-corrected chi connectivity index (χ1v) is 7.57. The average Bonchev–Trinajstić information content (AvgIpc) is 2.45. The summed E-state index contributed by atoms with van der Waals surface area (Å²) >= 11 is 0. The molecule has 0 fully saturated rings. The van der Waals surface area contributed by atoms with E-state index in [0.29, 0.717) is 6.04 Å². The van der Waals surface area contributed by atoms with Crippen LogP contribution in [0.15, 0.2) is 48.5 Å². The summed E-state index contributed by atoms with van der Waals surface area (Å²) in [4.78, 5) is 0. The molecule has 0 bridgehead atoms. The van der Waals surface area contributed by atoms with Crippen molar-refractivity contribution in [2.75, 3.05) is 7.05 Å². The quantitative estimate of drug-likeness (QED) is 0.865. The molecule has 0 amide bonds. The third kappa shape index (κ3) is 2.78. The van der Waals surface area contributed by atoms with Gasteiger partial charge in [-0.25, -0.2) is 0 Å². The van der Waals surface area contributed by atoms with Gasteiger partial charge in [0.15, 0.2) is 0 Å². The van der Waals surface area contributed by atoms with Crippen LogP contribution in [0, 0.1) is 6.92 Å². The van der Waals surface area contributed by atoms with Gasteiger partial charge in [0.2, 0.25) is 0 Å². The van der Waals surface area contributed by atoms with E-state index in [1.807, 2.05) is 0 Å². The maximum Gasteiger partial charge on any atom is 0.0110 e. The molecule has 3 rings (SSSR count). The van der Waals surface area contributed by atoms with Gasteiger partial charge >= 0.3 is 0 Å². The van der Waals surface area contributed by atoms with E-state index >= 15 is 0 Å². The second-order valence-corrected chi connectivity index (χ2v) is 6.01. The highest BCUT2D eigenvalue weighted by Gasteiger charge is 2.27. The fourth-order valence-electron chi connectivity index (χ4n) is 3.23. The third-order valence-electron chi connectivity index (χ3n) is 4.54. The van der Waals surface area contributed by atoms with Gasteiger partial charge in [-0.1, -0.05) is 54.1 Å². The zero-order valence-corrected chi connectivity index (χ0v) is 12.4. The number of fused-ring (bicyclic) bond motifs is 1. The molecular formula is C19H23N. The minimum Gasteiger partial charge on any atom is -0.317 e. The van der Waals surface area contributed by atoms with Crippen LogP contribution in [0.2, 0.25) is 0 Å². The molecule has 2 unspecified atom stereocenters. The largest absolute Gasteiger partial charge is 0.317 e. The zero-order valence-electron chi connectivity index (χ0n) is 12.4. The minimum atomic E-state index is 0.566. The predicted molar refractivity (Wildman–Crippen MR) is 85.2 cm³/mol. The number of hydrogen-bond donors (Lipinski definition) is 1. The van der Waals surface area contributed by atoms with E-state index < -0.39 is 0 Å². The van der Waals surface area contributed by atoms with Gasteiger partial charge in [-0.15, -0.1) is 0 Å². The second kappa shape index (κ2) is 5.80. The Morgan fingerprint density at radius 1 is 1.10 bits per heavy atom. The summed E-state index contributed by atoms with van der Waals surface area (Å²) in [7, 11) is 2.09. The first kappa shape index (κ1) is 13.4. The molecule has 0 saturated carbocycles. The Hall–Kier alpha value is -1.60. The predicted octanol–water partition coefficient (Wildman–Crippen LogP) is 3.86. The first-order valence-electron chi connectivity index (χ1n) is 7.57. The van der Waals surface area contributed by atoms with Crippen molar-refractivity contribution >= 4 is 0 Å². The fraction of sp³-hybridized carbons (Fsp3) is 0.368. The summed E-state index contributed by atoms with van der Waals surface area (Å²) in [6.45, 7) is 2.14. The van der Waals surface area contributed by atoms with E-state index in [4.69, 9.17) is 0 Å². The molecule has 1 aliphatic rings. The molecule has 1 nitrogen and oxygen atoms in total. The normalized spacial score (nSPS) is 18.2. The van der Waals surface area contributed by atoms with Crippen LogP contribution in [0.1, 0.15) is 34.6 Å². The summed E-state index contributed by atoms with van der Waals surface area (Å²) in [6.07, 6.45) is 3.61. The van der Waals surface area contributed by atoms with Gasteiger partial charge in [-0.2, -0.15) is 0 Å². The molecule has 1 heteroatoms. The molecule has 104 valence electrons. The van der Waals surface area contributed by atoms with Gasteiger partial charge in [0.25, 0.3) is 0 Å². The summed E-state index contributed by atoms with van der Waals surface area (Å²) < 4.78 is 0. The summed E-state index contributed by atoms with van der Waals surface area (Å²) in [5, 5.41) is 3.50. The lowest BCUT2D eigenvalue weighted by Gasteiger charge is -2.33. The number of rotatable bonds is 5. The van der Waals surface area contributed by atoms with E-state index in [1.165, 1.54) is 24.0 Å². The second-order valence-electron chi connectivity index (χ2n) is 6.01. The smallest absolute Gasteiger partial charge is 0.0110 e. The van der Waals surface area contributed by atoms with E-state index in [1.54, 1.807) is 11.1 Å². The molecule has 1 N–H and O–H groups in total. The van der Waals surface area contributed by atoms with Crippen LogP contribution >= 0.6 is 0 Å². The Morgan fingerprint density at radius 2 is 1.85 bits per heavy atom. The molecule has 2 aromatic rings. The van der Waals surface area contributed by atoms with Crippen LogP contribution in [0.3, 0.4) is 0 Å². The minimum absolute atomic E-state index is 0.566. The Bertz CT molecular complexity index is 571. The van der Waals surface area contributed by atoms with Gasteiger partial charge in [-0.3, -0.25) is 0 Å². The molecule has 2 aromatic carbocycles. The number of benzene rings is 2. The molecule has 0 aliphatic heterocycles. The van der Waals surface area contributed by atoms with E-state index in [2.05, 4.69) is 67.8 Å². The third-order valence-corrected chi connectivity index (χ3v) is 4.54. The topological polar surface area (TPSA) is 12.0 Å². The van der Waals surface area contributed by atoms with Crippen LogP contribution in [0.25, 0.3) is 0 Å². The van der Waals surface area contributed by atoms with Crippen LogP contribution in [0.5, 0.6) is 0 Å². The van der Waals surface area contributed by atoms with Crippen molar-refractivity contribution in [2.45, 2.75) is 38.1 Å². The number of aryl methyl sites for hydroxylation is 1. The van der Waals surface area contributed by atoms with Crippen molar-refractivity contribution in [3.8, 4) is 0 Å². The van der Waals surface area contributed by atoms with Crippen LogP contribution < -0.4 is 5.32 Å². The Labute approximate surface area is 122 Å². The van der Waals surface area contributed by atoms with Gasteiger partial charge in [0.05, 0.1) is 0 Å². The van der Waals surface area contributed by atoms with Gasteiger partial charge in [-0.05, 0) is 55.8 Å². The lowest BCUT2D eigenvalue weighted by atomic mass is 9.74.